The molecule has 1 aliphatic heterocycles. The van der Waals surface area contributed by atoms with E-state index in [-0.39, 0.29) is 23.7 Å². The Kier molecular flexibility index (Phi) is 5.33. The molecule has 11 nitrogen and oxygen atoms in total. The third-order valence-corrected chi connectivity index (χ3v) is 7.82. The van der Waals surface area contributed by atoms with Crippen molar-refractivity contribution in [1.29, 1.82) is 0 Å². The Morgan fingerprint density at radius 2 is 1.79 bits per heavy atom. The number of rotatable bonds is 3. The highest BCUT2D eigenvalue weighted by Crippen LogP contribution is 2.54. The van der Waals surface area contributed by atoms with Gasteiger partial charge in [0.05, 0.1) is 11.6 Å². The first-order valence-electron chi connectivity index (χ1n) is 12.1. The van der Waals surface area contributed by atoms with Crippen LogP contribution in [0.25, 0.3) is 16.9 Å². The number of benzene rings is 2. The summed E-state index contributed by atoms with van der Waals surface area (Å²) in [5.41, 5.74) is 3.07. The Hall–Kier alpha value is -4.35. The molecule has 2 aromatic rings. The van der Waals surface area contributed by atoms with Crippen molar-refractivity contribution in [2.45, 2.75) is 11.6 Å². The third kappa shape index (κ3) is 3.26. The molecular weight excluding hydrogens is 508 g/mol. The highest BCUT2D eigenvalue weighted by atomic mass is 16.7. The number of ketones is 2. The van der Waals surface area contributed by atoms with Gasteiger partial charge in [-0.2, -0.15) is 0 Å². The summed E-state index contributed by atoms with van der Waals surface area (Å²) < 4.78 is 10.9. The van der Waals surface area contributed by atoms with Crippen molar-refractivity contribution in [3.05, 3.63) is 71.2 Å². The number of phenols is 1. The number of fused-ring (bicyclic) bond motifs is 4. The van der Waals surface area contributed by atoms with Gasteiger partial charge in [-0.3, -0.25) is 19.3 Å². The van der Waals surface area contributed by atoms with E-state index in [0.717, 1.165) is 0 Å². The number of carbonyl (C=O) groups is 3. The van der Waals surface area contributed by atoms with E-state index in [0.29, 0.717) is 28.2 Å². The van der Waals surface area contributed by atoms with E-state index in [2.05, 4.69) is 0 Å². The number of ether oxygens (including phenoxy) is 2. The predicted octanol–water partition coefficient (Wildman–Crippen LogP) is 1.18. The van der Waals surface area contributed by atoms with Crippen LogP contribution in [0.1, 0.15) is 11.1 Å². The predicted molar refractivity (Wildman–Crippen MR) is 135 cm³/mol. The SMILES string of the molecule is CN(C)[C@@H]1C(=O)C(C(N)=O)=C(O)[C@@]2(O)C(=O)C3=C(O)c4c(O)ccc(-c5ccc6c(c5)OCO6)c4[CH]C3[CH]C12. The maximum Gasteiger partial charge on any atom is 0.255 e. The minimum atomic E-state index is -2.75. The van der Waals surface area contributed by atoms with Crippen LogP contribution in [0.2, 0.25) is 0 Å². The van der Waals surface area contributed by atoms with Crippen molar-refractivity contribution < 1.29 is 44.3 Å². The first-order valence-corrected chi connectivity index (χ1v) is 12.1. The van der Waals surface area contributed by atoms with E-state index in [1.54, 1.807) is 30.7 Å². The zero-order chi connectivity index (χ0) is 28.0. The molecule has 6 N–H and O–H groups in total. The molecule has 1 fully saturated rings. The average Bonchev–Trinajstić information content (AvgIpc) is 3.34. The molecule has 2 radical (unpaired) electrons. The van der Waals surface area contributed by atoms with Crippen LogP contribution in [0.4, 0.5) is 0 Å². The molecule has 1 amide bonds. The van der Waals surface area contributed by atoms with E-state index in [4.69, 9.17) is 15.2 Å². The Balaban J connectivity index is 1.54. The van der Waals surface area contributed by atoms with Crippen LogP contribution in [-0.2, 0) is 14.4 Å². The van der Waals surface area contributed by atoms with Gasteiger partial charge in [0.2, 0.25) is 12.6 Å². The summed E-state index contributed by atoms with van der Waals surface area (Å²) in [6.07, 6.45) is 3.13. The number of aromatic hydroxyl groups is 1. The lowest BCUT2D eigenvalue weighted by Gasteiger charge is -2.50. The lowest BCUT2D eigenvalue weighted by atomic mass is 9.57. The first-order chi connectivity index (χ1) is 18.5. The molecule has 0 aromatic heterocycles. The summed E-state index contributed by atoms with van der Waals surface area (Å²) in [5.74, 6) is -6.43. The van der Waals surface area contributed by atoms with Gasteiger partial charge >= 0.3 is 0 Å². The Morgan fingerprint density at radius 3 is 2.49 bits per heavy atom. The fourth-order valence-electron chi connectivity index (χ4n) is 6.04. The van der Waals surface area contributed by atoms with Gasteiger partial charge in [-0.15, -0.1) is 0 Å². The smallest absolute Gasteiger partial charge is 0.255 e. The van der Waals surface area contributed by atoms with Gasteiger partial charge in [-0.1, -0.05) is 12.1 Å². The number of likely N-dealkylation sites (N-methyl/N-ethyl adjacent to an activating group) is 1. The number of nitrogens with two attached hydrogens (primary N) is 1. The molecule has 4 aliphatic rings. The molecule has 6 rings (SSSR count). The van der Waals surface area contributed by atoms with Crippen molar-refractivity contribution in [2.75, 3.05) is 20.9 Å². The molecule has 2 unspecified atom stereocenters. The van der Waals surface area contributed by atoms with Crippen molar-refractivity contribution in [2.24, 2.45) is 17.6 Å². The minimum absolute atomic E-state index is 0.0464. The Bertz CT molecular complexity index is 1560. The molecule has 0 spiro atoms. The van der Waals surface area contributed by atoms with Gasteiger partial charge in [-0.25, -0.2) is 0 Å². The van der Waals surface area contributed by atoms with Crippen LogP contribution in [0.3, 0.4) is 0 Å². The average molecular weight is 533 g/mol. The van der Waals surface area contributed by atoms with E-state index < -0.39 is 58.0 Å². The summed E-state index contributed by atoms with van der Waals surface area (Å²) in [4.78, 5) is 40.6. The second kappa shape index (κ2) is 8.32. The van der Waals surface area contributed by atoms with Crippen LogP contribution >= 0.6 is 0 Å². The maximum absolute atomic E-state index is 13.9. The molecule has 200 valence electrons. The lowest BCUT2D eigenvalue weighted by molar-refractivity contribution is -0.149. The minimum Gasteiger partial charge on any atom is -0.508 e. The second-order valence-electron chi connectivity index (χ2n) is 10.1. The van der Waals surface area contributed by atoms with Crippen molar-refractivity contribution in [3.63, 3.8) is 0 Å². The number of nitrogens with zero attached hydrogens (tertiary/aromatic N) is 1. The standard InChI is InChI=1S/C28H24N2O9/c1-30(2)22-15-8-12-7-14-13(11-3-6-17-18(9-11)39-10-38-17)4-5-16(31)20(14)23(32)19(12)25(34)28(15,37)26(35)21(24(22)33)27(29)36/h3-9,12,15,22,31-32,35,37H,10H2,1-2H3,(H2,29,36)/t12?,15?,22-,28-/m0/s1. The van der Waals surface area contributed by atoms with Gasteiger partial charge < -0.3 is 35.6 Å². The molecule has 2 aromatic carbocycles. The first kappa shape index (κ1) is 25.0. The van der Waals surface area contributed by atoms with Crippen LogP contribution in [0, 0.1) is 24.7 Å². The summed E-state index contributed by atoms with van der Waals surface area (Å²) in [6, 6.07) is 7.08. The van der Waals surface area contributed by atoms with E-state index >= 15 is 0 Å². The summed E-state index contributed by atoms with van der Waals surface area (Å²) in [6.45, 7) is 0.0828. The number of aliphatic hydroxyl groups excluding tert-OH is 2. The van der Waals surface area contributed by atoms with Gasteiger partial charge in [0.1, 0.15) is 22.8 Å². The highest BCUT2D eigenvalue weighted by Gasteiger charge is 2.64. The number of hydrogen-bond donors (Lipinski definition) is 5. The van der Waals surface area contributed by atoms with Gasteiger partial charge in [0.25, 0.3) is 5.91 Å². The molecule has 3 aliphatic carbocycles. The van der Waals surface area contributed by atoms with Crippen LogP contribution < -0.4 is 15.2 Å². The zero-order valence-corrected chi connectivity index (χ0v) is 20.8. The summed E-state index contributed by atoms with van der Waals surface area (Å²) in [7, 11) is 3.06. The number of phenolic OH excluding ortho intramolecular Hbond substituents is 1. The van der Waals surface area contributed by atoms with Gasteiger partial charge in [0.15, 0.2) is 22.9 Å². The zero-order valence-electron chi connectivity index (χ0n) is 20.8. The monoisotopic (exact) mass is 532 g/mol. The van der Waals surface area contributed by atoms with E-state index in [1.165, 1.54) is 31.5 Å². The van der Waals surface area contributed by atoms with Crippen molar-refractivity contribution in [3.8, 4) is 28.4 Å². The maximum atomic E-state index is 13.9. The topological polar surface area (TPSA) is 180 Å². The molecular formula is C28H24N2O9. The number of amides is 1. The molecule has 1 heterocycles. The number of aliphatic hydroxyl groups is 3. The van der Waals surface area contributed by atoms with Gasteiger partial charge in [0, 0.05) is 23.8 Å². The van der Waals surface area contributed by atoms with Crippen LogP contribution in [-0.4, -0.2) is 75.3 Å². The van der Waals surface area contributed by atoms with E-state index in [9.17, 15) is 34.8 Å². The molecule has 4 atom stereocenters. The lowest BCUT2D eigenvalue weighted by Crippen LogP contribution is -2.65. The molecule has 0 bridgehead atoms. The normalized spacial score (nSPS) is 27.4. The quantitative estimate of drug-likeness (QED) is 0.360. The van der Waals surface area contributed by atoms with E-state index in [1.807, 2.05) is 0 Å². The van der Waals surface area contributed by atoms with Crippen molar-refractivity contribution in [1.82, 2.24) is 4.90 Å². The number of Topliss-reactive ketones (excluding diaryl/α,β-unsaturated/α-hetero) is 2. The second-order valence-corrected chi connectivity index (χ2v) is 10.1. The van der Waals surface area contributed by atoms with Gasteiger partial charge in [-0.05, 0) is 55.4 Å². The number of carbonyl (C=O) groups excluding carboxylic acids is 3. The molecule has 1 saturated carbocycles. The number of primary amides is 1. The van der Waals surface area contributed by atoms with Crippen LogP contribution in [0.5, 0.6) is 17.2 Å². The number of hydrogen-bond acceptors (Lipinski definition) is 10. The molecule has 39 heavy (non-hydrogen) atoms. The van der Waals surface area contributed by atoms with Crippen LogP contribution in [0.15, 0.2) is 47.2 Å². The molecule has 11 heteroatoms. The third-order valence-electron chi connectivity index (χ3n) is 7.82. The summed E-state index contributed by atoms with van der Waals surface area (Å²) >= 11 is 0. The fourth-order valence-corrected chi connectivity index (χ4v) is 6.04. The molecule has 0 saturated heterocycles. The summed E-state index contributed by atoms with van der Waals surface area (Å²) in [5, 5.41) is 44.6. The highest BCUT2D eigenvalue weighted by molar-refractivity contribution is 6.25. The fraction of sp³-hybridized carbons (Fsp3) is 0.250. The Morgan fingerprint density at radius 1 is 1.08 bits per heavy atom. The van der Waals surface area contributed by atoms with Crippen molar-refractivity contribution >= 4 is 23.2 Å². The largest absolute Gasteiger partial charge is 0.508 e. The Labute approximate surface area is 222 Å².